The van der Waals surface area contributed by atoms with E-state index in [4.69, 9.17) is 4.74 Å². The lowest BCUT2D eigenvalue weighted by molar-refractivity contribution is -0.384. The summed E-state index contributed by atoms with van der Waals surface area (Å²) in [6.45, 7) is 0. The van der Waals surface area contributed by atoms with E-state index in [-0.39, 0.29) is 5.69 Å². The van der Waals surface area contributed by atoms with E-state index in [1.807, 2.05) is 30.3 Å². The molecular formula is C19H15N3O4. The summed E-state index contributed by atoms with van der Waals surface area (Å²) in [7, 11) is 0. The number of carbonyl (C=O) groups is 1. The lowest BCUT2D eigenvalue weighted by Crippen LogP contribution is -2.19. The highest BCUT2D eigenvalue weighted by Gasteiger charge is 2.07. The molecule has 0 heterocycles. The van der Waals surface area contributed by atoms with Gasteiger partial charge in [-0.25, -0.2) is 4.79 Å². The van der Waals surface area contributed by atoms with Crippen molar-refractivity contribution in [2.45, 2.75) is 0 Å². The average molecular weight is 349 g/mol. The van der Waals surface area contributed by atoms with Crippen LogP contribution in [-0.2, 0) is 0 Å². The van der Waals surface area contributed by atoms with Gasteiger partial charge in [0.25, 0.3) is 5.69 Å². The van der Waals surface area contributed by atoms with Gasteiger partial charge in [-0.15, -0.1) is 0 Å². The van der Waals surface area contributed by atoms with Gasteiger partial charge in [0, 0.05) is 23.5 Å². The van der Waals surface area contributed by atoms with E-state index < -0.39 is 11.0 Å². The third-order valence-corrected chi connectivity index (χ3v) is 3.43. The molecule has 0 unspecified atom stereocenters. The van der Waals surface area contributed by atoms with E-state index >= 15 is 0 Å². The van der Waals surface area contributed by atoms with E-state index in [2.05, 4.69) is 10.6 Å². The summed E-state index contributed by atoms with van der Waals surface area (Å²) in [5.74, 6) is 1.38. The van der Waals surface area contributed by atoms with Gasteiger partial charge in [-0.3, -0.25) is 10.1 Å². The number of hydrogen-bond acceptors (Lipinski definition) is 4. The zero-order valence-electron chi connectivity index (χ0n) is 13.6. The predicted octanol–water partition coefficient (Wildman–Crippen LogP) is 5.03. The summed E-state index contributed by atoms with van der Waals surface area (Å²) in [5, 5.41) is 15.9. The molecule has 0 saturated heterocycles. The molecule has 7 nitrogen and oxygen atoms in total. The highest BCUT2D eigenvalue weighted by atomic mass is 16.6. The van der Waals surface area contributed by atoms with Crippen LogP contribution in [-0.4, -0.2) is 11.0 Å². The second-order valence-corrected chi connectivity index (χ2v) is 5.32. The summed E-state index contributed by atoms with van der Waals surface area (Å²) >= 11 is 0. The van der Waals surface area contributed by atoms with Crippen LogP contribution in [0.4, 0.5) is 21.9 Å². The van der Waals surface area contributed by atoms with Gasteiger partial charge in [-0.2, -0.15) is 0 Å². The van der Waals surface area contributed by atoms with Crippen molar-refractivity contribution < 1.29 is 14.5 Å². The first-order valence-corrected chi connectivity index (χ1v) is 7.75. The Balaban J connectivity index is 1.56. The molecular weight excluding hydrogens is 334 g/mol. The molecule has 7 heteroatoms. The third-order valence-electron chi connectivity index (χ3n) is 3.43. The molecule has 130 valence electrons. The van der Waals surface area contributed by atoms with Gasteiger partial charge < -0.3 is 15.4 Å². The van der Waals surface area contributed by atoms with Gasteiger partial charge >= 0.3 is 6.03 Å². The van der Waals surface area contributed by atoms with E-state index in [1.165, 1.54) is 24.3 Å². The number of para-hydroxylation sites is 1. The normalized spacial score (nSPS) is 10.0. The topological polar surface area (TPSA) is 93.5 Å². The van der Waals surface area contributed by atoms with Crippen LogP contribution >= 0.6 is 0 Å². The molecule has 3 rings (SSSR count). The van der Waals surface area contributed by atoms with Crippen LogP contribution in [0.3, 0.4) is 0 Å². The number of carbonyl (C=O) groups excluding carboxylic acids is 1. The van der Waals surface area contributed by atoms with Gasteiger partial charge in [0.15, 0.2) is 0 Å². The number of anilines is 2. The molecule has 0 aliphatic heterocycles. The molecule has 0 saturated carbocycles. The Bertz CT molecular complexity index is 894. The van der Waals surface area contributed by atoms with Crippen molar-refractivity contribution in [3.05, 3.63) is 89.0 Å². The number of nitrogens with one attached hydrogen (secondary N) is 2. The fourth-order valence-corrected chi connectivity index (χ4v) is 2.19. The van der Waals surface area contributed by atoms with E-state index in [0.29, 0.717) is 17.1 Å². The minimum Gasteiger partial charge on any atom is -0.457 e. The number of amides is 2. The molecule has 0 fully saturated rings. The first kappa shape index (κ1) is 17.0. The fourth-order valence-electron chi connectivity index (χ4n) is 2.19. The van der Waals surface area contributed by atoms with Crippen molar-refractivity contribution in [1.82, 2.24) is 0 Å². The Hall–Kier alpha value is -3.87. The van der Waals surface area contributed by atoms with Gasteiger partial charge in [0.2, 0.25) is 0 Å². The van der Waals surface area contributed by atoms with Gasteiger partial charge in [-0.1, -0.05) is 18.2 Å². The zero-order valence-corrected chi connectivity index (χ0v) is 13.6. The van der Waals surface area contributed by atoms with Crippen molar-refractivity contribution in [1.29, 1.82) is 0 Å². The van der Waals surface area contributed by atoms with E-state index in [1.54, 1.807) is 24.3 Å². The predicted molar refractivity (Wildman–Crippen MR) is 98.7 cm³/mol. The second-order valence-electron chi connectivity index (χ2n) is 5.32. The summed E-state index contributed by atoms with van der Waals surface area (Å²) in [6, 6.07) is 21.4. The molecule has 26 heavy (non-hydrogen) atoms. The maximum atomic E-state index is 12.0. The highest BCUT2D eigenvalue weighted by Crippen LogP contribution is 2.23. The number of urea groups is 1. The summed E-state index contributed by atoms with van der Waals surface area (Å²) in [6.07, 6.45) is 0. The first-order chi connectivity index (χ1) is 12.6. The summed E-state index contributed by atoms with van der Waals surface area (Å²) in [4.78, 5) is 22.1. The molecule has 3 aromatic carbocycles. The number of ether oxygens (including phenoxy) is 1. The van der Waals surface area contributed by atoms with Crippen LogP contribution in [0.1, 0.15) is 0 Å². The molecule has 3 aromatic rings. The lowest BCUT2D eigenvalue weighted by Gasteiger charge is -2.09. The first-order valence-electron chi connectivity index (χ1n) is 7.75. The molecule has 0 radical (unpaired) electrons. The zero-order chi connectivity index (χ0) is 18.4. The molecule has 0 bridgehead atoms. The smallest absolute Gasteiger partial charge is 0.323 e. The SMILES string of the molecule is O=C(Nc1ccc(Oc2ccccc2)cc1)Nc1ccc([N+](=O)[O-])cc1. The summed E-state index contributed by atoms with van der Waals surface area (Å²) in [5.41, 5.74) is 1.01. The lowest BCUT2D eigenvalue weighted by atomic mass is 10.3. The Morgan fingerprint density at radius 3 is 1.81 bits per heavy atom. The van der Waals surface area contributed by atoms with Crippen LogP contribution < -0.4 is 15.4 Å². The van der Waals surface area contributed by atoms with Gasteiger partial charge in [0.05, 0.1) is 4.92 Å². The van der Waals surface area contributed by atoms with Crippen molar-refractivity contribution in [2.75, 3.05) is 10.6 Å². The molecule has 2 amide bonds. The van der Waals surface area contributed by atoms with Crippen LogP contribution in [0.2, 0.25) is 0 Å². The molecule has 0 aliphatic carbocycles. The number of non-ortho nitro benzene ring substituents is 1. The Kier molecular flexibility index (Phi) is 5.09. The quantitative estimate of drug-likeness (QED) is 0.499. The van der Waals surface area contributed by atoms with Crippen molar-refractivity contribution in [3.8, 4) is 11.5 Å². The van der Waals surface area contributed by atoms with Crippen LogP contribution in [0.5, 0.6) is 11.5 Å². The monoisotopic (exact) mass is 349 g/mol. The van der Waals surface area contributed by atoms with Crippen LogP contribution in [0.25, 0.3) is 0 Å². The number of benzene rings is 3. The average Bonchev–Trinajstić information content (AvgIpc) is 2.64. The number of nitro benzene ring substituents is 1. The third kappa shape index (κ3) is 4.57. The maximum Gasteiger partial charge on any atom is 0.323 e. The summed E-state index contributed by atoms with van der Waals surface area (Å²) < 4.78 is 5.68. The van der Waals surface area contributed by atoms with Gasteiger partial charge in [0.1, 0.15) is 11.5 Å². The van der Waals surface area contributed by atoms with Crippen LogP contribution in [0.15, 0.2) is 78.9 Å². The molecule has 0 atom stereocenters. The van der Waals surface area contributed by atoms with E-state index in [9.17, 15) is 14.9 Å². The standard InChI is InChI=1S/C19H15N3O4/c23-19(20-14-6-10-16(11-7-14)22(24)25)21-15-8-12-18(13-9-15)26-17-4-2-1-3-5-17/h1-13H,(H2,20,21,23). The Labute approximate surface area is 149 Å². The van der Waals surface area contributed by atoms with Crippen LogP contribution in [0, 0.1) is 10.1 Å². The molecule has 2 N–H and O–H groups in total. The van der Waals surface area contributed by atoms with Gasteiger partial charge in [-0.05, 0) is 48.5 Å². The van der Waals surface area contributed by atoms with Crippen molar-refractivity contribution in [2.24, 2.45) is 0 Å². The fraction of sp³-hybridized carbons (Fsp3) is 0. The molecule has 0 aliphatic rings. The number of hydrogen-bond donors (Lipinski definition) is 2. The number of nitro groups is 1. The Morgan fingerprint density at radius 2 is 1.27 bits per heavy atom. The van der Waals surface area contributed by atoms with Crippen molar-refractivity contribution in [3.63, 3.8) is 0 Å². The minimum atomic E-state index is -0.497. The number of nitrogens with zero attached hydrogens (tertiary/aromatic N) is 1. The largest absolute Gasteiger partial charge is 0.457 e. The highest BCUT2D eigenvalue weighted by molar-refractivity contribution is 5.99. The molecule has 0 aromatic heterocycles. The Morgan fingerprint density at radius 1 is 0.769 bits per heavy atom. The minimum absolute atomic E-state index is 0.0371. The van der Waals surface area contributed by atoms with Crippen molar-refractivity contribution >= 4 is 23.1 Å². The second kappa shape index (κ2) is 7.80. The number of rotatable bonds is 5. The molecule has 0 spiro atoms. The maximum absolute atomic E-state index is 12.0. The van der Waals surface area contributed by atoms with E-state index in [0.717, 1.165) is 5.75 Å².